The fourth-order valence-electron chi connectivity index (χ4n) is 2.21. The number of carbonyl (C=O) groups excluding carboxylic acids is 1. The second-order valence-electron chi connectivity index (χ2n) is 4.84. The van der Waals surface area contributed by atoms with E-state index >= 15 is 0 Å². The van der Waals surface area contributed by atoms with E-state index in [1.807, 2.05) is 48.5 Å². The molecule has 0 saturated carbocycles. The van der Waals surface area contributed by atoms with Gasteiger partial charge in [0.15, 0.2) is 0 Å². The Morgan fingerprint density at radius 3 is 2.25 bits per heavy atom. The van der Waals surface area contributed by atoms with Gasteiger partial charge in [-0.25, -0.2) is 0 Å². The van der Waals surface area contributed by atoms with Crippen LogP contribution in [0.3, 0.4) is 0 Å². The zero-order chi connectivity index (χ0) is 14.5. The third-order valence-electron chi connectivity index (χ3n) is 3.17. The lowest BCUT2D eigenvalue weighted by atomic mass is 9.95. The highest BCUT2D eigenvalue weighted by Gasteiger charge is 2.15. The molecular formula is C17H19NO2. The van der Waals surface area contributed by atoms with Crippen molar-refractivity contribution in [2.45, 2.75) is 6.61 Å². The van der Waals surface area contributed by atoms with Gasteiger partial charge >= 0.3 is 0 Å². The van der Waals surface area contributed by atoms with Gasteiger partial charge in [-0.15, -0.1) is 0 Å². The molecule has 104 valence electrons. The molecule has 2 aromatic carbocycles. The third kappa shape index (κ3) is 2.89. The van der Waals surface area contributed by atoms with Crippen molar-refractivity contribution < 1.29 is 9.53 Å². The number of methoxy groups -OCH3 is 1. The number of hydrogen-bond acceptors (Lipinski definition) is 2. The van der Waals surface area contributed by atoms with Gasteiger partial charge in [0.1, 0.15) is 0 Å². The van der Waals surface area contributed by atoms with E-state index in [0.29, 0.717) is 12.2 Å². The second kappa shape index (κ2) is 6.35. The van der Waals surface area contributed by atoms with Crippen LogP contribution < -0.4 is 0 Å². The fourth-order valence-corrected chi connectivity index (χ4v) is 2.21. The number of benzene rings is 2. The van der Waals surface area contributed by atoms with E-state index in [1.165, 1.54) is 0 Å². The van der Waals surface area contributed by atoms with Crippen molar-refractivity contribution in [1.29, 1.82) is 0 Å². The van der Waals surface area contributed by atoms with Crippen molar-refractivity contribution >= 4 is 5.91 Å². The molecule has 0 aromatic heterocycles. The van der Waals surface area contributed by atoms with Gasteiger partial charge < -0.3 is 9.64 Å². The summed E-state index contributed by atoms with van der Waals surface area (Å²) in [5.41, 5.74) is 3.77. The lowest BCUT2D eigenvalue weighted by Crippen LogP contribution is -2.22. The molecule has 0 fully saturated rings. The first-order chi connectivity index (χ1) is 9.65. The topological polar surface area (TPSA) is 29.5 Å². The van der Waals surface area contributed by atoms with Crippen molar-refractivity contribution in [2.24, 2.45) is 0 Å². The van der Waals surface area contributed by atoms with Gasteiger partial charge in [-0.2, -0.15) is 0 Å². The molecule has 0 heterocycles. The zero-order valence-corrected chi connectivity index (χ0v) is 12.1. The minimum absolute atomic E-state index is 0.00724. The molecule has 0 N–H and O–H groups in total. The van der Waals surface area contributed by atoms with Gasteiger partial charge in [-0.1, -0.05) is 42.5 Å². The summed E-state index contributed by atoms with van der Waals surface area (Å²) in [5.74, 6) is 0.00724. The molecule has 0 aliphatic carbocycles. The Kier molecular flexibility index (Phi) is 4.53. The first kappa shape index (κ1) is 14.3. The first-order valence-electron chi connectivity index (χ1n) is 6.53. The first-order valence-corrected chi connectivity index (χ1v) is 6.53. The summed E-state index contributed by atoms with van der Waals surface area (Å²) in [4.78, 5) is 13.9. The van der Waals surface area contributed by atoms with E-state index in [0.717, 1.165) is 16.7 Å². The Labute approximate surface area is 119 Å². The number of ether oxygens (including phenoxy) is 1. The van der Waals surface area contributed by atoms with Crippen LogP contribution in [0, 0.1) is 0 Å². The van der Waals surface area contributed by atoms with Gasteiger partial charge in [0, 0.05) is 26.8 Å². The summed E-state index contributed by atoms with van der Waals surface area (Å²) in [7, 11) is 5.20. The molecule has 0 spiro atoms. The van der Waals surface area contributed by atoms with Crippen LogP contribution in [0.4, 0.5) is 0 Å². The van der Waals surface area contributed by atoms with Crippen molar-refractivity contribution in [3.63, 3.8) is 0 Å². The monoisotopic (exact) mass is 269 g/mol. The van der Waals surface area contributed by atoms with Crippen molar-refractivity contribution in [2.75, 3.05) is 21.2 Å². The molecule has 2 rings (SSSR count). The van der Waals surface area contributed by atoms with Crippen LogP contribution in [0.25, 0.3) is 11.1 Å². The quantitative estimate of drug-likeness (QED) is 0.853. The van der Waals surface area contributed by atoms with Crippen LogP contribution in [-0.4, -0.2) is 32.0 Å². The van der Waals surface area contributed by atoms with Gasteiger partial charge in [0.25, 0.3) is 5.91 Å². The lowest BCUT2D eigenvalue weighted by Gasteiger charge is -2.16. The highest BCUT2D eigenvalue weighted by Crippen LogP contribution is 2.28. The molecule has 0 saturated heterocycles. The predicted molar refractivity (Wildman–Crippen MR) is 80.6 cm³/mol. The molecule has 1 amide bonds. The Bertz CT molecular complexity index is 605. The number of carbonyl (C=O) groups is 1. The average Bonchev–Trinajstić information content (AvgIpc) is 2.47. The van der Waals surface area contributed by atoms with Crippen molar-refractivity contribution in [3.8, 4) is 11.1 Å². The summed E-state index contributed by atoms with van der Waals surface area (Å²) in [6.45, 7) is 0.528. The zero-order valence-electron chi connectivity index (χ0n) is 12.1. The van der Waals surface area contributed by atoms with E-state index < -0.39 is 0 Å². The number of rotatable bonds is 4. The average molecular weight is 269 g/mol. The summed E-state index contributed by atoms with van der Waals surface area (Å²) < 4.78 is 5.24. The minimum Gasteiger partial charge on any atom is -0.380 e. The number of hydrogen-bond donors (Lipinski definition) is 0. The van der Waals surface area contributed by atoms with Gasteiger partial charge in [-0.3, -0.25) is 4.79 Å². The van der Waals surface area contributed by atoms with Gasteiger partial charge in [-0.05, 0) is 22.8 Å². The van der Waals surface area contributed by atoms with Crippen LogP contribution in [0.2, 0.25) is 0 Å². The summed E-state index contributed by atoms with van der Waals surface area (Å²) in [5, 5.41) is 0. The standard InChI is InChI=1S/C17H19NO2/c1-18(2)17(19)16-11-7-6-10-15(16)14-9-5-4-8-13(14)12-20-3/h4-11H,12H2,1-3H3. The van der Waals surface area contributed by atoms with E-state index in [1.54, 1.807) is 26.1 Å². The molecule has 0 atom stereocenters. The molecule has 3 nitrogen and oxygen atoms in total. The van der Waals surface area contributed by atoms with Gasteiger partial charge in [0.2, 0.25) is 0 Å². The highest BCUT2D eigenvalue weighted by atomic mass is 16.5. The van der Waals surface area contributed by atoms with E-state index in [-0.39, 0.29) is 5.91 Å². The fraction of sp³-hybridized carbons (Fsp3) is 0.235. The molecule has 0 aliphatic heterocycles. The summed E-state index contributed by atoms with van der Waals surface area (Å²) in [6.07, 6.45) is 0. The summed E-state index contributed by atoms with van der Waals surface area (Å²) in [6, 6.07) is 15.7. The van der Waals surface area contributed by atoms with Gasteiger partial charge in [0.05, 0.1) is 6.61 Å². The molecule has 20 heavy (non-hydrogen) atoms. The maximum Gasteiger partial charge on any atom is 0.253 e. The smallest absolute Gasteiger partial charge is 0.253 e. The molecule has 0 unspecified atom stereocenters. The Hall–Kier alpha value is -2.13. The Morgan fingerprint density at radius 2 is 1.60 bits per heavy atom. The molecule has 3 heteroatoms. The van der Waals surface area contributed by atoms with Crippen molar-refractivity contribution in [3.05, 3.63) is 59.7 Å². The van der Waals surface area contributed by atoms with Crippen molar-refractivity contribution in [1.82, 2.24) is 4.90 Å². The van der Waals surface area contributed by atoms with Crippen LogP contribution in [0.5, 0.6) is 0 Å². The third-order valence-corrected chi connectivity index (χ3v) is 3.17. The van der Waals surface area contributed by atoms with Crippen LogP contribution in [0.1, 0.15) is 15.9 Å². The second-order valence-corrected chi connectivity index (χ2v) is 4.84. The Balaban J connectivity index is 2.56. The summed E-state index contributed by atoms with van der Waals surface area (Å²) >= 11 is 0. The molecule has 2 aromatic rings. The SMILES string of the molecule is COCc1ccccc1-c1ccccc1C(=O)N(C)C. The van der Waals surface area contributed by atoms with Crippen LogP contribution in [-0.2, 0) is 11.3 Å². The maximum absolute atomic E-state index is 12.3. The normalized spacial score (nSPS) is 10.3. The van der Waals surface area contributed by atoms with E-state index in [9.17, 15) is 4.79 Å². The lowest BCUT2D eigenvalue weighted by molar-refractivity contribution is 0.0828. The molecule has 0 radical (unpaired) electrons. The minimum atomic E-state index is 0.00724. The Morgan fingerprint density at radius 1 is 1.00 bits per heavy atom. The largest absolute Gasteiger partial charge is 0.380 e. The van der Waals surface area contributed by atoms with E-state index in [4.69, 9.17) is 4.74 Å². The number of nitrogens with zero attached hydrogens (tertiary/aromatic N) is 1. The van der Waals surface area contributed by atoms with E-state index in [2.05, 4.69) is 0 Å². The highest BCUT2D eigenvalue weighted by molar-refractivity contribution is 6.00. The van der Waals surface area contributed by atoms with Crippen LogP contribution >= 0.6 is 0 Å². The van der Waals surface area contributed by atoms with Crippen LogP contribution in [0.15, 0.2) is 48.5 Å². The molecule has 0 bridgehead atoms. The maximum atomic E-state index is 12.3. The molecular weight excluding hydrogens is 250 g/mol. The number of amides is 1. The predicted octanol–water partition coefficient (Wildman–Crippen LogP) is 3.20. The molecule has 0 aliphatic rings.